The summed E-state index contributed by atoms with van der Waals surface area (Å²) in [6.45, 7) is 0. The molecule has 0 aliphatic carbocycles. The zero-order valence-corrected chi connectivity index (χ0v) is 14.4. The van der Waals surface area contributed by atoms with Gasteiger partial charge in [0.25, 0.3) is 0 Å². The molecular formula is C20H16FN3O3. The highest BCUT2D eigenvalue weighted by molar-refractivity contribution is 6.14. The lowest BCUT2D eigenvalue weighted by Crippen LogP contribution is -2.34. The largest absolute Gasteiger partial charge is 0.478 e. The van der Waals surface area contributed by atoms with E-state index in [2.05, 4.69) is 10.3 Å². The molecule has 2 aromatic carbocycles. The Morgan fingerprint density at radius 1 is 1.22 bits per heavy atom. The van der Waals surface area contributed by atoms with Crippen molar-refractivity contribution in [3.8, 4) is 0 Å². The number of nitrogens with one attached hydrogen (secondary N) is 1. The molecule has 0 bridgehead atoms. The number of hydrogen-bond acceptors (Lipinski definition) is 4. The Labute approximate surface area is 154 Å². The summed E-state index contributed by atoms with van der Waals surface area (Å²) >= 11 is 0. The summed E-state index contributed by atoms with van der Waals surface area (Å²) in [7, 11) is 1.82. The Kier molecular flexibility index (Phi) is 3.99. The lowest BCUT2D eigenvalue weighted by molar-refractivity contribution is 0.0690. The van der Waals surface area contributed by atoms with Gasteiger partial charge in [0, 0.05) is 25.1 Å². The number of aryl methyl sites for hydroxylation is 1. The number of anilines is 1. The van der Waals surface area contributed by atoms with Crippen LogP contribution in [-0.4, -0.2) is 26.4 Å². The fourth-order valence-electron chi connectivity index (χ4n) is 3.58. The molecule has 0 amide bonds. The SMILES string of the molecule is Cn1ccnc1C1Nc2cccc(C(=O)O)c2C(=O)C1c1ccc(F)cc1. The van der Waals surface area contributed by atoms with Crippen LogP contribution in [0.5, 0.6) is 0 Å². The second-order valence-corrected chi connectivity index (χ2v) is 6.45. The van der Waals surface area contributed by atoms with Crippen LogP contribution in [0.2, 0.25) is 0 Å². The third-order valence-electron chi connectivity index (χ3n) is 4.83. The predicted molar refractivity (Wildman–Crippen MR) is 96.4 cm³/mol. The van der Waals surface area contributed by atoms with Crippen molar-refractivity contribution in [1.29, 1.82) is 0 Å². The van der Waals surface area contributed by atoms with Gasteiger partial charge in [-0.2, -0.15) is 0 Å². The van der Waals surface area contributed by atoms with Crippen molar-refractivity contribution >= 4 is 17.4 Å². The van der Waals surface area contributed by atoms with Crippen molar-refractivity contribution in [3.05, 3.63) is 83.2 Å². The summed E-state index contributed by atoms with van der Waals surface area (Å²) in [6, 6.07) is 9.83. The van der Waals surface area contributed by atoms with E-state index in [0.717, 1.165) is 0 Å². The number of carbonyl (C=O) groups is 2. The quantitative estimate of drug-likeness (QED) is 0.743. The highest BCUT2D eigenvalue weighted by Crippen LogP contribution is 2.42. The zero-order chi connectivity index (χ0) is 19.1. The molecule has 1 aliphatic rings. The van der Waals surface area contributed by atoms with Crippen LogP contribution in [0.25, 0.3) is 0 Å². The second-order valence-electron chi connectivity index (χ2n) is 6.45. The maximum Gasteiger partial charge on any atom is 0.336 e. The Bertz CT molecular complexity index is 1040. The Morgan fingerprint density at radius 2 is 1.96 bits per heavy atom. The fourth-order valence-corrected chi connectivity index (χ4v) is 3.58. The molecule has 0 radical (unpaired) electrons. The highest BCUT2D eigenvalue weighted by atomic mass is 19.1. The minimum atomic E-state index is -1.17. The van der Waals surface area contributed by atoms with Gasteiger partial charge in [0.05, 0.1) is 23.1 Å². The molecule has 2 atom stereocenters. The third-order valence-corrected chi connectivity index (χ3v) is 4.83. The first kappa shape index (κ1) is 17.0. The predicted octanol–water partition coefficient (Wildman–Crippen LogP) is 3.39. The van der Waals surface area contributed by atoms with E-state index in [9.17, 15) is 19.1 Å². The molecule has 1 aromatic heterocycles. The van der Waals surface area contributed by atoms with E-state index in [1.54, 1.807) is 41.2 Å². The van der Waals surface area contributed by atoms with Crippen LogP contribution in [0.3, 0.4) is 0 Å². The molecule has 6 nitrogen and oxygen atoms in total. The first-order chi connectivity index (χ1) is 13.0. The van der Waals surface area contributed by atoms with Crippen molar-refractivity contribution in [2.24, 2.45) is 7.05 Å². The van der Waals surface area contributed by atoms with Crippen molar-refractivity contribution in [2.75, 3.05) is 5.32 Å². The maximum absolute atomic E-state index is 13.4. The number of aromatic nitrogens is 2. The van der Waals surface area contributed by atoms with E-state index in [-0.39, 0.29) is 16.9 Å². The van der Waals surface area contributed by atoms with Crippen LogP contribution in [0, 0.1) is 5.82 Å². The van der Waals surface area contributed by atoms with Gasteiger partial charge in [-0.15, -0.1) is 0 Å². The number of benzene rings is 2. The molecule has 0 saturated carbocycles. The Balaban J connectivity index is 1.92. The normalized spacial score (nSPS) is 18.7. The molecule has 136 valence electrons. The van der Waals surface area contributed by atoms with Crippen LogP contribution < -0.4 is 5.32 Å². The molecule has 7 heteroatoms. The number of hydrogen-bond donors (Lipinski definition) is 2. The monoisotopic (exact) mass is 365 g/mol. The number of rotatable bonds is 3. The fraction of sp³-hybridized carbons (Fsp3) is 0.150. The van der Waals surface area contributed by atoms with Crippen LogP contribution in [0.1, 0.15) is 44.1 Å². The molecule has 2 heterocycles. The lowest BCUT2D eigenvalue weighted by Gasteiger charge is -2.34. The standard InChI is InChI=1S/C20H16FN3O3/c1-24-10-9-22-19(24)17-15(11-5-7-12(21)8-6-11)18(25)16-13(20(26)27)3-2-4-14(16)23-17/h2-10,15,17,23H,1H3,(H,26,27). The van der Waals surface area contributed by atoms with Crippen LogP contribution in [-0.2, 0) is 7.05 Å². The average molecular weight is 365 g/mol. The van der Waals surface area contributed by atoms with E-state index in [1.807, 2.05) is 7.05 Å². The topological polar surface area (TPSA) is 84.2 Å². The van der Waals surface area contributed by atoms with Gasteiger partial charge < -0.3 is 15.0 Å². The maximum atomic E-state index is 13.4. The molecule has 0 saturated heterocycles. The Hall–Kier alpha value is -3.48. The summed E-state index contributed by atoms with van der Waals surface area (Å²) in [4.78, 5) is 29.4. The number of Topliss-reactive ketones (excluding diaryl/α,β-unsaturated/α-hetero) is 1. The molecule has 4 rings (SSSR count). The van der Waals surface area contributed by atoms with Gasteiger partial charge in [0.15, 0.2) is 5.78 Å². The summed E-state index contributed by atoms with van der Waals surface area (Å²) in [6.07, 6.45) is 3.40. The molecule has 3 aromatic rings. The van der Waals surface area contributed by atoms with Crippen molar-refractivity contribution in [1.82, 2.24) is 9.55 Å². The number of imidazole rings is 1. The number of halogens is 1. The first-order valence-electron chi connectivity index (χ1n) is 8.37. The zero-order valence-electron chi connectivity index (χ0n) is 14.4. The number of carboxylic acid groups (broad SMARTS) is 1. The van der Waals surface area contributed by atoms with Crippen LogP contribution >= 0.6 is 0 Å². The minimum Gasteiger partial charge on any atom is -0.478 e. The number of carboxylic acids is 1. The second kappa shape index (κ2) is 6.35. The van der Waals surface area contributed by atoms with Gasteiger partial charge in [-0.3, -0.25) is 4.79 Å². The van der Waals surface area contributed by atoms with E-state index in [0.29, 0.717) is 17.1 Å². The summed E-state index contributed by atoms with van der Waals surface area (Å²) in [5.74, 6) is -2.02. The van der Waals surface area contributed by atoms with Gasteiger partial charge in [-0.05, 0) is 29.8 Å². The van der Waals surface area contributed by atoms with Gasteiger partial charge in [0.2, 0.25) is 0 Å². The van der Waals surface area contributed by atoms with Crippen molar-refractivity contribution in [2.45, 2.75) is 12.0 Å². The van der Waals surface area contributed by atoms with Gasteiger partial charge in [-0.1, -0.05) is 18.2 Å². The smallest absolute Gasteiger partial charge is 0.336 e. The lowest BCUT2D eigenvalue weighted by atomic mass is 9.79. The summed E-state index contributed by atoms with van der Waals surface area (Å²) < 4.78 is 15.2. The summed E-state index contributed by atoms with van der Waals surface area (Å²) in [5, 5.41) is 12.8. The number of carbonyl (C=O) groups excluding carboxylic acids is 1. The van der Waals surface area contributed by atoms with Crippen molar-refractivity contribution < 1.29 is 19.1 Å². The number of fused-ring (bicyclic) bond motifs is 1. The molecule has 0 spiro atoms. The average Bonchev–Trinajstić information content (AvgIpc) is 3.08. The van der Waals surface area contributed by atoms with E-state index in [1.165, 1.54) is 18.2 Å². The molecule has 2 unspecified atom stereocenters. The molecule has 0 fully saturated rings. The van der Waals surface area contributed by atoms with Gasteiger partial charge >= 0.3 is 5.97 Å². The molecule has 2 N–H and O–H groups in total. The minimum absolute atomic E-state index is 0.0598. The van der Waals surface area contributed by atoms with E-state index in [4.69, 9.17) is 0 Å². The molecular weight excluding hydrogens is 349 g/mol. The van der Waals surface area contributed by atoms with Crippen molar-refractivity contribution in [3.63, 3.8) is 0 Å². The van der Waals surface area contributed by atoms with E-state index >= 15 is 0 Å². The summed E-state index contributed by atoms with van der Waals surface area (Å²) in [5.41, 5.74) is 1.11. The Morgan fingerprint density at radius 3 is 2.59 bits per heavy atom. The molecule has 1 aliphatic heterocycles. The number of nitrogens with zero attached hydrogens (tertiary/aromatic N) is 2. The van der Waals surface area contributed by atoms with E-state index < -0.39 is 23.7 Å². The van der Waals surface area contributed by atoms with Gasteiger partial charge in [0.1, 0.15) is 11.6 Å². The highest BCUT2D eigenvalue weighted by Gasteiger charge is 2.41. The first-order valence-corrected chi connectivity index (χ1v) is 8.37. The van der Waals surface area contributed by atoms with Gasteiger partial charge in [-0.25, -0.2) is 14.2 Å². The van der Waals surface area contributed by atoms with Crippen LogP contribution in [0.4, 0.5) is 10.1 Å². The van der Waals surface area contributed by atoms with Crippen LogP contribution in [0.15, 0.2) is 54.9 Å². The molecule has 27 heavy (non-hydrogen) atoms. The third kappa shape index (κ3) is 2.77. The number of ketones is 1. The number of aromatic carboxylic acids is 1.